The van der Waals surface area contributed by atoms with Gasteiger partial charge in [0.1, 0.15) is 17.3 Å². The monoisotopic (exact) mass is 367 g/mol. The van der Waals surface area contributed by atoms with Crippen molar-refractivity contribution in [1.82, 2.24) is 0 Å². The summed E-state index contributed by atoms with van der Waals surface area (Å²) < 4.78 is 34.3. The highest BCUT2D eigenvalue weighted by Crippen LogP contribution is 2.51. The van der Waals surface area contributed by atoms with Crippen LogP contribution in [0.4, 0.5) is 5.69 Å². The number of anilines is 1. The molecular weight excluding hydrogens is 346 g/mol. The first-order valence-corrected chi connectivity index (χ1v) is 10.6. The normalized spacial score (nSPS) is 20.5. The van der Waals surface area contributed by atoms with Crippen LogP contribution in [-0.2, 0) is 15.4 Å². The molecule has 0 amide bonds. The number of fused-ring (bicyclic) bond motifs is 3. The molecular formula is C21H21NO3S. The molecule has 5 rings (SSSR count). The molecule has 0 radical (unpaired) electrons. The number of rotatable bonds is 2. The second-order valence-electron chi connectivity index (χ2n) is 7.45. The Morgan fingerprint density at radius 1 is 0.962 bits per heavy atom. The summed E-state index contributed by atoms with van der Waals surface area (Å²) in [5, 5.41) is 0. The Kier molecular flexibility index (Phi) is 3.44. The summed E-state index contributed by atoms with van der Waals surface area (Å²) in [5.41, 5.74) is 2.84. The van der Waals surface area contributed by atoms with Crippen LogP contribution in [0.2, 0.25) is 0 Å². The Hall–Kier alpha value is -2.27. The summed E-state index contributed by atoms with van der Waals surface area (Å²) in [6.07, 6.45) is 6.22. The number of para-hydroxylation sites is 2. The van der Waals surface area contributed by atoms with Crippen molar-refractivity contribution in [3.05, 3.63) is 64.6 Å². The zero-order chi connectivity index (χ0) is 17.8. The largest absolute Gasteiger partial charge is 0.487 e. The van der Waals surface area contributed by atoms with Crippen molar-refractivity contribution in [2.24, 2.45) is 0 Å². The molecule has 0 bridgehead atoms. The zero-order valence-corrected chi connectivity index (χ0v) is 15.3. The first-order valence-electron chi connectivity index (χ1n) is 9.15. The van der Waals surface area contributed by atoms with E-state index in [-0.39, 0.29) is 12.0 Å². The van der Waals surface area contributed by atoms with Crippen LogP contribution in [0, 0.1) is 0 Å². The Labute approximate surface area is 154 Å². The van der Waals surface area contributed by atoms with Crippen LogP contribution < -0.4 is 9.04 Å². The third-order valence-electron chi connectivity index (χ3n) is 5.98. The summed E-state index contributed by atoms with van der Waals surface area (Å²) in [5.74, 6) is 0.737. The molecule has 1 saturated carbocycles. The maximum Gasteiger partial charge on any atom is 0.263 e. The van der Waals surface area contributed by atoms with Gasteiger partial charge in [0.05, 0.1) is 5.69 Å². The molecule has 4 nitrogen and oxygen atoms in total. The van der Waals surface area contributed by atoms with Crippen molar-refractivity contribution in [3.8, 4) is 5.75 Å². The molecule has 1 fully saturated rings. The van der Waals surface area contributed by atoms with E-state index in [2.05, 4.69) is 6.07 Å². The van der Waals surface area contributed by atoms with Gasteiger partial charge in [-0.25, -0.2) is 8.42 Å². The van der Waals surface area contributed by atoms with Crippen molar-refractivity contribution >= 4 is 21.8 Å². The molecule has 26 heavy (non-hydrogen) atoms. The van der Waals surface area contributed by atoms with Crippen molar-refractivity contribution < 1.29 is 13.2 Å². The molecule has 134 valence electrons. The van der Waals surface area contributed by atoms with Gasteiger partial charge in [0.25, 0.3) is 10.0 Å². The van der Waals surface area contributed by atoms with Crippen LogP contribution in [0.25, 0.3) is 6.08 Å². The van der Waals surface area contributed by atoms with Gasteiger partial charge in [-0.05, 0) is 36.6 Å². The molecule has 3 aliphatic rings. The summed E-state index contributed by atoms with van der Waals surface area (Å²) in [7, 11) is -3.61. The average Bonchev–Trinajstić information content (AvgIpc) is 3.28. The predicted molar refractivity (Wildman–Crippen MR) is 103 cm³/mol. The fourth-order valence-electron chi connectivity index (χ4n) is 4.66. The Balaban J connectivity index is 1.59. The smallest absolute Gasteiger partial charge is 0.263 e. The van der Waals surface area contributed by atoms with E-state index in [1.807, 2.05) is 42.5 Å². The lowest BCUT2D eigenvalue weighted by molar-refractivity contribution is 0.353. The topological polar surface area (TPSA) is 46.6 Å². The van der Waals surface area contributed by atoms with Gasteiger partial charge >= 0.3 is 0 Å². The van der Waals surface area contributed by atoms with E-state index < -0.39 is 10.0 Å². The molecule has 1 spiro atoms. The second-order valence-corrected chi connectivity index (χ2v) is 9.37. The van der Waals surface area contributed by atoms with Crippen molar-refractivity contribution in [1.29, 1.82) is 0 Å². The predicted octanol–water partition coefficient (Wildman–Crippen LogP) is 4.08. The molecule has 2 aliphatic heterocycles. The maximum absolute atomic E-state index is 13.5. The minimum Gasteiger partial charge on any atom is -0.487 e. The first kappa shape index (κ1) is 15.9. The van der Waals surface area contributed by atoms with E-state index in [0.717, 1.165) is 29.8 Å². The van der Waals surface area contributed by atoms with Crippen LogP contribution in [0.15, 0.2) is 53.4 Å². The lowest BCUT2D eigenvalue weighted by Gasteiger charge is -2.27. The molecule has 0 aromatic heterocycles. The summed E-state index contributed by atoms with van der Waals surface area (Å²) in [4.78, 5) is 0.334. The number of hydrogen-bond donors (Lipinski definition) is 0. The highest BCUT2D eigenvalue weighted by molar-refractivity contribution is 7.96. The number of benzene rings is 2. The third kappa shape index (κ3) is 2.23. The average molecular weight is 367 g/mol. The fourth-order valence-corrected chi connectivity index (χ4v) is 6.27. The summed E-state index contributed by atoms with van der Waals surface area (Å²) in [6, 6.07) is 15.5. The maximum atomic E-state index is 13.5. The lowest BCUT2D eigenvalue weighted by Crippen LogP contribution is -2.37. The van der Waals surface area contributed by atoms with Gasteiger partial charge in [0.2, 0.25) is 0 Å². The lowest BCUT2D eigenvalue weighted by atomic mass is 9.81. The second kappa shape index (κ2) is 5.61. The van der Waals surface area contributed by atoms with Crippen LogP contribution in [0.5, 0.6) is 5.75 Å². The highest BCUT2D eigenvalue weighted by atomic mass is 32.2. The molecule has 0 saturated heterocycles. The molecule has 2 heterocycles. The number of nitrogens with zero attached hydrogens (tertiary/aromatic N) is 1. The minimum atomic E-state index is -3.61. The zero-order valence-electron chi connectivity index (χ0n) is 14.5. The van der Waals surface area contributed by atoms with Gasteiger partial charge in [-0.15, -0.1) is 0 Å². The number of ether oxygens (including phenoxy) is 1. The fraction of sp³-hybridized carbons (Fsp3) is 0.333. The molecule has 0 N–H and O–H groups in total. The molecule has 1 aliphatic carbocycles. The van der Waals surface area contributed by atoms with Crippen LogP contribution in [-0.4, -0.2) is 21.6 Å². The quantitative estimate of drug-likeness (QED) is 0.803. The van der Waals surface area contributed by atoms with Gasteiger partial charge in [0.15, 0.2) is 0 Å². The van der Waals surface area contributed by atoms with Gasteiger partial charge in [0, 0.05) is 17.5 Å². The third-order valence-corrected chi connectivity index (χ3v) is 7.78. The van der Waals surface area contributed by atoms with E-state index in [4.69, 9.17) is 4.74 Å². The van der Waals surface area contributed by atoms with Crippen LogP contribution in [0.1, 0.15) is 36.8 Å². The molecule has 2 aromatic rings. The number of sulfonamides is 1. The van der Waals surface area contributed by atoms with E-state index >= 15 is 0 Å². The minimum absolute atomic E-state index is 0.0162. The van der Waals surface area contributed by atoms with E-state index in [9.17, 15) is 8.42 Å². The van der Waals surface area contributed by atoms with Gasteiger partial charge in [-0.1, -0.05) is 49.2 Å². The van der Waals surface area contributed by atoms with Gasteiger partial charge < -0.3 is 4.74 Å². The van der Waals surface area contributed by atoms with Crippen molar-refractivity contribution in [3.63, 3.8) is 0 Å². The summed E-state index contributed by atoms with van der Waals surface area (Å²) in [6.45, 7) is 0.638. The van der Waals surface area contributed by atoms with Crippen LogP contribution >= 0.6 is 0 Å². The van der Waals surface area contributed by atoms with E-state index in [0.29, 0.717) is 11.4 Å². The summed E-state index contributed by atoms with van der Waals surface area (Å²) >= 11 is 0. The first-order chi connectivity index (χ1) is 12.6. The van der Waals surface area contributed by atoms with E-state index in [1.54, 1.807) is 10.4 Å². The Bertz CT molecular complexity index is 1000. The number of hydrogen-bond acceptors (Lipinski definition) is 3. The Morgan fingerprint density at radius 2 is 1.69 bits per heavy atom. The van der Waals surface area contributed by atoms with Gasteiger partial charge in [-0.2, -0.15) is 0 Å². The molecule has 2 aromatic carbocycles. The van der Waals surface area contributed by atoms with Crippen molar-refractivity contribution in [2.75, 3.05) is 17.5 Å². The standard InChI is InChI=1S/C21H21NO3S/c23-26(24,17-13-16-7-1-4-10-20(16)25-14-17)22-15-21(11-5-6-12-21)18-8-2-3-9-19(18)22/h1-4,7-10,13H,5-6,11-12,14-15H2. The van der Waals surface area contributed by atoms with E-state index in [1.165, 1.54) is 18.4 Å². The molecule has 5 heteroatoms. The van der Waals surface area contributed by atoms with Crippen molar-refractivity contribution in [2.45, 2.75) is 31.1 Å². The molecule has 0 atom stereocenters. The van der Waals surface area contributed by atoms with Gasteiger partial charge in [-0.3, -0.25) is 4.31 Å². The highest BCUT2D eigenvalue weighted by Gasteiger charge is 2.48. The Morgan fingerprint density at radius 3 is 2.54 bits per heavy atom. The SMILES string of the molecule is O=S(=O)(C1=Cc2ccccc2OC1)N1CC2(CCCC2)c2ccccc21. The van der Waals surface area contributed by atoms with Crippen LogP contribution in [0.3, 0.4) is 0 Å². The molecule has 0 unspecified atom stereocenters.